The van der Waals surface area contributed by atoms with Gasteiger partial charge in [0.2, 0.25) is 0 Å². The van der Waals surface area contributed by atoms with Gasteiger partial charge in [-0.3, -0.25) is 9.36 Å². The van der Waals surface area contributed by atoms with Gasteiger partial charge < -0.3 is 9.47 Å². The molecule has 7 heteroatoms. The minimum absolute atomic E-state index is 0.233. The van der Waals surface area contributed by atoms with Crippen molar-refractivity contribution in [2.24, 2.45) is 0 Å². The minimum atomic E-state index is -0.293. The van der Waals surface area contributed by atoms with Crippen LogP contribution in [-0.4, -0.2) is 23.8 Å². The minimum Gasteiger partial charge on any atom is -0.497 e. The van der Waals surface area contributed by atoms with Crippen LogP contribution in [0.3, 0.4) is 0 Å². The van der Waals surface area contributed by atoms with Gasteiger partial charge in [-0.2, -0.15) is 0 Å². The maximum atomic E-state index is 14.1. The van der Waals surface area contributed by atoms with Gasteiger partial charge in [-0.1, -0.05) is 42.1 Å². The van der Waals surface area contributed by atoms with Gasteiger partial charge in [-0.05, 0) is 35.9 Å². The van der Waals surface area contributed by atoms with Gasteiger partial charge in [0.25, 0.3) is 5.56 Å². The van der Waals surface area contributed by atoms with Crippen LogP contribution in [0, 0.1) is 5.82 Å². The second-order valence-electron chi connectivity index (χ2n) is 6.47. The summed E-state index contributed by atoms with van der Waals surface area (Å²) in [5, 5.41) is 0.922. The molecule has 0 radical (unpaired) electrons. The predicted molar refractivity (Wildman–Crippen MR) is 116 cm³/mol. The molecule has 4 aromatic rings. The van der Waals surface area contributed by atoms with Crippen LogP contribution < -0.4 is 15.0 Å². The molecule has 1 heterocycles. The highest BCUT2D eigenvalue weighted by atomic mass is 32.2. The number of nitrogens with zero attached hydrogens (tertiary/aromatic N) is 2. The van der Waals surface area contributed by atoms with Gasteiger partial charge in [0.1, 0.15) is 17.3 Å². The van der Waals surface area contributed by atoms with Crippen molar-refractivity contribution >= 4 is 22.7 Å². The Morgan fingerprint density at radius 2 is 1.77 bits per heavy atom. The van der Waals surface area contributed by atoms with Crippen LogP contribution in [0.15, 0.2) is 76.7 Å². The van der Waals surface area contributed by atoms with Crippen molar-refractivity contribution in [1.82, 2.24) is 9.55 Å². The molecule has 152 valence electrons. The van der Waals surface area contributed by atoms with Crippen LogP contribution in [0.2, 0.25) is 0 Å². The maximum absolute atomic E-state index is 14.1. The fourth-order valence-corrected chi connectivity index (χ4v) is 4.14. The van der Waals surface area contributed by atoms with Crippen LogP contribution >= 0.6 is 11.8 Å². The van der Waals surface area contributed by atoms with Crippen LogP contribution in [0.4, 0.5) is 4.39 Å². The SMILES string of the molecule is COc1ccc(OC)c(-n2c(SCc3ccccc3F)nc3ccccc3c2=O)c1. The molecule has 0 aliphatic heterocycles. The smallest absolute Gasteiger partial charge is 0.266 e. The normalized spacial score (nSPS) is 10.9. The number of benzene rings is 3. The van der Waals surface area contributed by atoms with E-state index in [-0.39, 0.29) is 11.4 Å². The lowest BCUT2D eigenvalue weighted by Crippen LogP contribution is -2.22. The molecular weight excluding hydrogens is 403 g/mol. The molecule has 0 saturated heterocycles. The van der Waals surface area contributed by atoms with Gasteiger partial charge in [-0.15, -0.1) is 0 Å². The second-order valence-corrected chi connectivity index (χ2v) is 7.41. The van der Waals surface area contributed by atoms with E-state index in [0.717, 1.165) is 0 Å². The van der Waals surface area contributed by atoms with Crippen molar-refractivity contribution in [2.45, 2.75) is 10.9 Å². The fourth-order valence-electron chi connectivity index (χ4n) is 3.15. The summed E-state index contributed by atoms with van der Waals surface area (Å²) in [6.07, 6.45) is 0. The Labute approximate surface area is 177 Å². The Kier molecular flexibility index (Phi) is 5.72. The highest BCUT2D eigenvalue weighted by Gasteiger charge is 2.18. The quantitative estimate of drug-likeness (QED) is 0.329. The van der Waals surface area contributed by atoms with Crippen LogP contribution in [0.25, 0.3) is 16.6 Å². The molecule has 1 aromatic heterocycles. The monoisotopic (exact) mass is 422 g/mol. The molecule has 0 bridgehead atoms. The zero-order valence-electron chi connectivity index (χ0n) is 16.5. The van der Waals surface area contributed by atoms with E-state index in [0.29, 0.717) is 44.6 Å². The average Bonchev–Trinajstić information content (AvgIpc) is 2.78. The van der Waals surface area contributed by atoms with Gasteiger partial charge in [-0.25, -0.2) is 9.37 Å². The van der Waals surface area contributed by atoms with E-state index in [4.69, 9.17) is 14.5 Å². The van der Waals surface area contributed by atoms with E-state index >= 15 is 0 Å². The number of hydrogen-bond acceptors (Lipinski definition) is 5. The zero-order chi connectivity index (χ0) is 21.1. The number of para-hydroxylation sites is 1. The Bertz CT molecular complexity index is 1270. The number of thioether (sulfide) groups is 1. The van der Waals surface area contributed by atoms with Gasteiger partial charge in [0.05, 0.1) is 30.8 Å². The first-order valence-corrected chi connectivity index (χ1v) is 10.2. The van der Waals surface area contributed by atoms with Gasteiger partial charge in [0, 0.05) is 11.8 Å². The van der Waals surface area contributed by atoms with Crippen molar-refractivity contribution in [3.05, 3.63) is 88.5 Å². The van der Waals surface area contributed by atoms with Crippen molar-refractivity contribution in [2.75, 3.05) is 14.2 Å². The number of aromatic nitrogens is 2. The number of ether oxygens (including phenoxy) is 2. The molecule has 0 saturated carbocycles. The maximum Gasteiger partial charge on any atom is 0.266 e. The Hall–Kier alpha value is -3.32. The summed E-state index contributed by atoms with van der Waals surface area (Å²) >= 11 is 1.29. The molecule has 0 amide bonds. The van der Waals surface area contributed by atoms with Crippen molar-refractivity contribution in [3.63, 3.8) is 0 Å². The molecule has 0 unspecified atom stereocenters. The van der Waals surface area contributed by atoms with Crippen LogP contribution in [0.5, 0.6) is 11.5 Å². The number of hydrogen-bond donors (Lipinski definition) is 0. The van der Waals surface area contributed by atoms with Crippen molar-refractivity contribution in [1.29, 1.82) is 0 Å². The number of methoxy groups -OCH3 is 2. The summed E-state index contributed by atoms with van der Waals surface area (Å²) in [7, 11) is 3.10. The third kappa shape index (κ3) is 3.76. The van der Waals surface area contributed by atoms with E-state index < -0.39 is 0 Å². The topological polar surface area (TPSA) is 53.4 Å². The lowest BCUT2D eigenvalue weighted by Gasteiger charge is -2.16. The lowest BCUT2D eigenvalue weighted by atomic mass is 10.2. The van der Waals surface area contributed by atoms with E-state index in [1.165, 1.54) is 29.5 Å². The highest BCUT2D eigenvalue weighted by Crippen LogP contribution is 2.31. The van der Waals surface area contributed by atoms with Gasteiger partial charge >= 0.3 is 0 Å². The van der Waals surface area contributed by atoms with E-state index in [1.807, 2.05) is 6.07 Å². The van der Waals surface area contributed by atoms with E-state index in [1.54, 1.807) is 61.7 Å². The first kappa shape index (κ1) is 20.0. The summed E-state index contributed by atoms with van der Waals surface area (Å²) in [6.45, 7) is 0. The average molecular weight is 422 g/mol. The molecule has 4 rings (SSSR count). The Morgan fingerprint density at radius 1 is 1.00 bits per heavy atom. The molecule has 30 heavy (non-hydrogen) atoms. The first-order valence-electron chi connectivity index (χ1n) is 9.22. The molecule has 0 aliphatic rings. The lowest BCUT2D eigenvalue weighted by molar-refractivity contribution is 0.400. The number of rotatable bonds is 6. The van der Waals surface area contributed by atoms with E-state index in [9.17, 15) is 9.18 Å². The highest BCUT2D eigenvalue weighted by molar-refractivity contribution is 7.98. The molecule has 0 N–H and O–H groups in total. The summed E-state index contributed by atoms with van der Waals surface area (Å²) in [6, 6.07) is 18.9. The number of halogens is 1. The van der Waals surface area contributed by atoms with Gasteiger partial charge in [0.15, 0.2) is 5.16 Å². The molecule has 0 spiro atoms. The van der Waals surface area contributed by atoms with E-state index in [2.05, 4.69) is 0 Å². The molecule has 0 aliphatic carbocycles. The van der Waals surface area contributed by atoms with Crippen molar-refractivity contribution < 1.29 is 13.9 Å². The standard InChI is InChI=1S/C23H19FN2O3S/c1-28-16-11-12-21(29-2)20(13-16)26-22(27)17-8-4-6-10-19(17)25-23(26)30-14-15-7-3-5-9-18(15)24/h3-13H,14H2,1-2H3. The fraction of sp³-hybridized carbons (Fsp3) is 0.130. The summed E-state index contributed by atoms with van der Waals surface area (Å²) in [5.74, 6) is 1.11. The third-order valence-corrected chi connectivity index (χ3v) is 5.67. The zero-order valence-corrected chi connectivity index (χ0v) is 17.3. The largest absolute Gasteiger partial charge is 0.497 e. The summed E-state index contributed by atoms with van der Waals surface area (Å²) in [5.41, 5.74) is 1.39. The molecule has 5 nitrogen and oxygen atoms in total. The summed E-state index contributed by atoms with van der Waals surface area (Å²) in [4.78, 5) is 18.1. The van der Waals surface area contributed by atoms with Crippen LogP contribution in [0.1, 0.15) is 5.56 Å². The first-order chi connectivity index (χ1) is 14.6. The van der Waals surface area contributed by atoms with Crippen LogP contribution in [-0.2, 0) is 5.75 Å². The Morgan fingerprint density at radius 3 is 2.53 bits per heavy atom. The third-order valence-electron chi connectivity index (χ3n) is 4.69. The predicted octanol–water partition coefficient (Wildman–Crippen LogP) is 4.83. The van der Waals surface area contributed by atoms with Crippen molar-refractivity contribution in [3.8, 4) is 17.2 Å². The Balaban J connectivity index is 1.91. The molecule has 3 aromatic carbocycles. The molecule has 0 fully saturated rings. The summed E-state index contributed by atoms with van der Waals surface area (Å²) < 4.78 is 26.5. The number of fused-ring (bicyclic) bond motifs is 1. The molecular formula is C23H19FN2O3S. The molecule has 0 atom stereocenters. The second kappa shape index (κ2) is 8.59.